The first-order chi connectivity index (χ1) is 10.4. The van der Waals surface area contributed by atoms with Crippen LogP contribution in [0.15, 0.2) is 36.5 Å². The average Bonchev–Trinajstić information content (AvgIpc) is 2.86. The van der Waals surface area contributed by atoms with Crippen molar-refractivity contribution < 1.29 is 13.2 Å². The van der Waals surface area contributed by atoms with Crippen molar-refractivity contribution >= 4 is 26.6 Å². The zero-order valence-corrected chi connectivity index (χ0v) is 13.2. The van der Waals surface area contributed by atoms with Crippen LogP contribution < -0.4 is 0 Å². The van der Waals surface area contributed by atoms with Crippen LogP contribution in [0.25, 0.3) is 10.9 Å². The maximum absolute atomic E-state index is 12.4. The van der Waals surface area contributed by atoms with Crippen molar-refractivity contribution in [2.45, 2.75) is 13.0 Å². The number of hydrogen-bond acceptors (Lipinski definition) is 4. The Morgan fingerprint density at radius 2 is 2.18 bits per heavy atom. The fraction of sp³-hybridized carbons (Fsp3) is 0.375. The highest BCUT2D eigenvalue weighted by Crippen LogP contribution is 2.21. The third-order valence-electron chi connectivity index (χ3n) is 4.05. The number of hydrogen-bond donors (Lipinski definition) is 0. The van der Waals surface area contributed by atoms with E-state index >= 15 is 0 Å². The Bertz CT molecular complexity index is 817. The molecular formula is C16H18N2O3S. The minimum Gasteiger partial charge on any atom is -0.341 e. The van der Waals surface area contributed by atoms with Gasteiger partial charge in [0.15, 0.2) is 9.84 Å². The highest BCUT2D eigenvalue weighted by atomic mass is 32.2. The smallest absolute Gasteiger partial charge is 0.226 e. The highest BCUT2D eigenvalue weighted by molar-refractivity contribution is 7.91. The number of benzene rings is 1. The maximum atomic E-state index is 12.4. The largest absolute Gasteiger partial charge is 0.341 e. The van der Waals surface area contributed by atoms with E-state index in [0.29, 0.717) is 13.0 Å². The second-order valence-electron chi connectivity index (χ2n) is 5.82. The van der Waals surface area contributed by atoms with Crippen LogP contribution in [0.2, 0.25) is 0 Å². The monoisotopic (exact) mass is 318 g/mol. The molecule has 1 aromatic carbocycles. The Morgan fingerprint density at radius 1 is 1.36 bits per heavy atom. The first-order valence-corrected chi connectivity index (χ1v) is 9.06. The van der Waals surface area contributed by atoms with Crippen molar-refractivity contribution in [1.29, 1.82) is 0 Å². The molecule has 1 aliphatic rings. The van der Waals surface area contributed by atoms with E-state index in [-0.39, 0.29) is 17.4 Å². The summed E-state index contributed by atoms with van der Waals surface area (Å²) in [6.07, 6.45) is 2.19. The fourth-order valence-electron chi connectivity index (χ4n) is 2.88. The molecule has 0 radical (unpaired) electrons. The van der Waals surface area contributed by atoms with Gasteiger partial charge in [0.25, 0.3) is 0 Å². The average molecular weight is 318 g/mol. The number of pyridine rings is 1. The molecule has 3 rings (SSSR count). The predicted octanol–water partition coefficient (Wildman–Crippen LogP) is 1.63. The fourth-order valence-corrected chi connectivity index (χ4v) is 4.61. The van der Waals surface area contributed by atoms with E-state index in [1.807, 2.05) is 30.3 Å². The lowest BCUT2D eigenvalue weighted by Crippen LogP contribution is -2.33. The van der Waals surface area contributed by atoms with E-state index < -0.39 is 15.8 Å². The molecule has 5 nitrogen and oxygen atoms in total. The summed E-state index contributed by atoms with van der Waals surface area (Å²) in [6, 6.07) is 9.76. The Morgan fingerprint density at radius 3 is 2.91 bits per heavy atom. The number of carbonyl (C=O) groups excluding carboxylic acids is 1. The SMILES string of the molecule is CN(Cc1ccc2ncccc2c1)C(=O)C1CCS(=O)(=O)C1. The van der Waals surface area contributed by atoms with Gasteiger partial charge >= 0.3 is 0 Å². The predicted molar refractivity (Wildman–Crippen MR) is 85.0 cm³/mol. The van der Waals surface area contributed by atoms with Crippen LogP contribution in [0.3, 0.4) is 0 Å². The molecule has 0 bridgehead atoms. The summed E-state index contributed by atoms with van der Waals surface area (Å²) in [5.74, 6) is -0.374. The number of sulfone groups is 1. The molecule has 1 aliphatic heterocycles. The van der Waals surface area contributed by atoms with E-state index in [9.17, 15) is 13.2 Å². The van der Waals surface area contributed by atoms with Crippen LogP contribution >= 0.6 is 0 Å². The van der Waals surface area contributed by atoms with Crippen LogP contribution in [-0.2, 0) is 21.2 Å². The van der Waals surface area contributed by atoms with Crippen molar-refractivity contribution in [3.05, 3.63) is 42.1 Å². The maximum Gasteiger partial charge on any atom is 0.226 e. The molecule has 1 saturated heterocycles. The molecule has 2 heterocycles. The lowest BCUT2D eigenvalue weighted by molar-refractivity contribution is -0.133. The summed E-state index contributed by atoms with van der Waals surface area (Å²) in [7, 11) is -1.31. The first kappa shape index (κ1) is 15.0. The molecule has 0 spiro atoms. The van der Waals surface area contributed by atoms with Crippen molar-refractivity contribution in [1.82, 2.24) is 9.88 Å². The zero-order valence-electron chi connectivity index (χ0n) is 12.4. The van der Waals surface area contributed by atoms with E-state index in [1.165, 1.54) is 0 Å². The number of carbonyl (C=O) groups is 1. The van der Waals surface area contributed by atoms with Gasteiger partial charge in [-0.15, -0.1) is 0 Å². The summed E-state index contributed by atoms with van der Waals surface area (Å²) >= 11 is 0. The van der Waals surface area contributed by atoms with Gasteiger partial charge in [-0.3, -0.25) is 9.78 Å². The molecule has 1 aromatic heterocycles. The van der Waals surface area contributed by atoms with Crippen molar-refractivity contribution in [3.63, 3.8) is 0 Å². The zero-order chi connectivity index (χ0) is 15.7. The minimum absolute atomic E-state index is 0.0161. The standard InChI is InChI=1S/C16H18N2O3S/c1-18(16(19)14-6-8-22(20,21)11-14)10-12-4-5-15-13(9-12)3-2-7-17-15/h2-5,7,9,14H,6,8,10-11H2,1H3. The second kappa shape index (κ2) is 5.68. The van der Waals surface area contributed by atoms with E-state index in [1.54, 1.807) is 18.1 Å². The van der Waals surface area contributed by atoms with Crippen LogP contribution in [0.1, 0.15) is 12.0 Å². The normalized spacial score (nSPS) is 20.1. The van der Waals surface area contributed by atoms with Crippen LogP contribution in [-0.4, -0.2) is 42.8 Å². The quantitative estimate of drug-likeness (QED) is 0.862. The van der Waals surface area contributed by atoms with Gasteiger partial charge in [0.2, 0.25) is 5.91 Å². The Hall–Kier alpha value is -1.95. The molecule has 6 heteroatoms. The third-order valence-corrected chi connectivity index (χ3v) is 5.81. The van der Waals surface area contributed by atoms with Crippen LogP contribution in [0, 0.1) is 5.92 Å². The lowest BCUT2D eigenvalue weighted by Gasteiger charge is -2.20. The minimum atomic E-state index is -3.03. The first-order valence-electron chi connectivity index (χ1n) is 7.24. The van der Waals surface area contributed by atoms with Crippen molar-refractivity contribution in [3.8, 4) is 0 Å². The van der Waals surface area contributed by atoms with Gasteiger partial charge in [-0.2, -0.15) is 0 Å². The van der Waals surface area contributed by atoms with E-state index in [0.717, 1.165) is 16.5 Å². The van der Waals surface area contributed by atoms with Gasteiger partial charge in [0, 0.05) is 25.2 Å². The summed E-state index contributed by atoms with van der Waals surface area (Å²) in [6.45, 7) is 0.472. The Balaban J connectivity index is 1.72. The van der Waals surface area contributed by atoms with Gasteiger partial charge < -0.3 is 4.90 Å². The molecular weight excluding hydrogens is 300 g/mol. The number of rotatable bonds is 3. The number of aromatic nitrogens is 1. The Kier molecular flexibility index (Phi) is 3.87. The van der Waals surface area contributed by atoms with Gasteiger partial charge in [0.1, 0.15) is 0 Å². The van der Waals surface area contributed by atoms with Gasteiger partial charge in [-0.25, -0.2) is 8.42 Å². The number of nitrogens with zero attached hydrogens (tertiary/aromatic N) is 2. The molecule has 1 unspecified atom stereocenters. The molecule has 0 saturated carbocycles. The van der Waals surface area contributed by atoms with Crippen molar-refractivity contribution in [2.24, 2.45) is 5.92 Å². The van der Waals surface area contributed by atoms with E-state index in [2.05, 4.69) is 4.98 Å². The summed E-state index contributed by atoms with van der Waals surface area (Å²) in [5.41, 5.74) is 1.93. The second-order valence-corrected chi connectivity index (χ2v) is 8.05. The van der Waals surface area contributed by atoms with Gasteiger partial charge in [-0.05, 0) is 30.2 Å². The van der Waals surface area contributed by atoms with E-state index in [4.69, 9.17) is 0 Å². The topological polar surface area (TPSA) is 67.3 Å². The summed E-state index contributed by atoms with van der Waals surface area (Å²) in [4.78, 5) is 18.2. The van der Waals surface area contributed by atoms with Crippen molar-refractivity contribution in [2.75, 3.05) is 18.6 Å². The molecule has 0 aliphatic carbocycles. The molecule has 1 amide bonds. The van der Waals surface area contributed by atoms with Crippen LogP contribution in [0.5, 0.6) is 0 Å². The summed E-state index contributed by atoms with van der Waals surface area (Å²) < 4.78 is 23.0. The third kappa shape index (κ3) is 3.11. The molecule has 2 aromatic rings. The molecule has 0 N–H and O–H groups in total. The Labute approximate surface area is 129 Å². The lowest BCUT2D eigenvalue weighted by atomic mass is 10.1. The number of amides is 1. The number of fused-ring (bicyclic) bond motifs is 1. The molecule has 1 atom stereocenters. The molecule has 116 valence electrons. The summed E-state index contributed by atoms with van der Waals surface area (Å²) in [5, 5.41) is 1.03. The van der Waals surface area contributed by atoms with Crippen LogP contribution in [0.4, 0.5) is 0 Å². The van der Waals surface area contributed by atoms with Gasteiger partial charge in [-0.1, -0.05) is 12.1 Å². The highest BCUT2D eigenvalue weighted by Gasteiger charge is 2.34. The molecule has 22 heavy (non-hydrogen) atoms. The molecule has 1 fully saturated rings. The van der Waals surface area contributed by atoms with Gasteiger partial charge in [0.05, 0.1) is 22.9 Å².